The largest absolute Gasteiger partial charge is 0.384 e. The van der Waals surface area contributed by atoms with Crippen LogP contribution in [0.4, 0.5) is 5.82 Å². The molecule has 6 nitrogen and oxygen atoms in total. The average Bonchev–Trinajstić information content (AvgIpc) is 2.98. The number of amides is 1. The summed E-state index contributed by atoms with van der Waals surface area (Å²) in [6.07, 6.45) is 1.60. The van der Waals surface area contributed by atoms with Gasteiger partial charge in [-0.2, -0.15) is 0 Å². The van der Waals surface area contributed by atoms with Crippen LogP contribution in [0.15, 0.2) is 36.5 Å². The van der Waals surface area contributed by atoms with Crippen LogP contribution >= 0.6 is 11.3 Å². The van der Waals surface area contributed by atoms with Crippen molar-refractivity contribution in [1.82, 2.24) is 19.9 Å². The van der Waals surface area contributed by atoms with Crippen molar-refractivity contribution < 1.29 is 4.79 Å². The molecule has 0 aliphatic heterocycles. The topological polar surface area (TPSA) is 85.0 Å². The molecule has 26 heavy (non-hydrogen) atoms. The van der Waals surface area contributed by atoms with E-state index >= 15 is 0 Å². The van der Waals surface area contributed by atoms with Gasteiger partial charge in [-0.1, -0.05) is 12.1 Å². The second kappa shape index (κ2) is 7.21. The molecular weight excluding hydrogens is 346 g/mol. The Balaban J connectivity index is 1.88. The third-order valence-corrected chi connectivity index (χ3v) is 5.18. The molecule has 0 unspecified atom stereocenters. The molecule has 0 aliphatic carbocycles. The van der Waals surface area contributed by atoms with Crippen LogP contribution in [0.5, 0.6) is 0 Å². The van der Waals surface area contributed by atoms with E-state index in [0.29, 0.717) is 17.2 Å². The summed E-state index contributed by atoms with van der Waals surface area (Å²) >= 11 is 1.65. The highest BCUT2D eigenvalue weighted by Gasteiger charge is 2.23. The second-order valence-corrected chi connectivity index (χ2v) is 7.56. The fourth-order valence-corrected chi connectivity index (χ4v) is 3.71. The summed E-state index contributed by atoms with van der Waals surface area (Å²) in [6.45, 7) is 6.00. The highest BCUT2D eigenvalue weighted by atomic mass is 32.1. The van der Waals surface area contributed by atoms with Crippen LogP contribution < -0.4 is 5.73 Å². The van der Waals surface area contributed by atoms with Gasteiger partial charge in [-0.15, -0.1) is 11.3 Å². The van der Waals surface area contributed by atoms with Crippen LogP contribution in [0, 0.1) is 13.8 Å². The Labute approximate surface area is 156 Å². The molecule has 2 heterocycles. The Morgan fingerprint density at radius 2 is 2.00 bits per heavy atom. The lowest BCUT2D eigenvalue weighted by molar-refractivity contribution is 0.0740. The zero-order chi connectivity index (χ0) is 18.8. The first-order valence-corrected chi connectivity index (χ1v) is 9.08. The molecule has 2 aromatic heterocycles. The first kappa shape index (κ1) is 18.0. The molecule has 0 radical (unpaired) electrons. The standard InChI is InChI=1S/C19H21N5OS/c1-11(17-12(2)26-13(3)22-17)24(4)19(25)15-7-5-6-14(10-15)18-21-9-8-16(20)23-18/h5-11H,1-4H3,(H2,20,21,23)/t11-/m1/s1. The maximum absolute atomic E-state index is 13.0. The minimum Gasteiger partial charge on any atom is -0.384 e. The molecule has 0 saturated heterocycles. The van der Waals surface area contributed by atoms with Crippen molar-refractivity contribution >= 4 is 23.1 Å². The molecule has 1 amide bonds. The van der Waals surface area contributed by atoms with E-state index in [2.05, 4.69) is 15.0 Å². The SMILES string of the molecule is Cc1nc([C@@H](C)N(C)C(=O)c2cccc(-c3nccc(N)n3)c2)c(C)s1. The number of rotatable bonds is 4. The van der Waals surface area contributed by atoms with Gasteiger partial charge in [0.2, 0.25) is 0 Å². The van der Waals surface area contributed by atoms with Crippen molar-refractivity contribution in [2.45, 2.75) is 26.8 Å². The van der Waals surface area contributed by atoms with Crippen LogP contribution in [-0.4, -0.2) is 32.8 Å². The molecule has 2 N–H and O–H groups in total. The molecule has 1 aromatic carbocycles. The van der Waals surface area contributed by atoms with Crippen molar-refractivity contribution in [3.63, 3.8) is 0 Å². The summed E-state index contributed by atoms with van der Waals surface area (Å²) in [7, 11) is 1.80. The van der Waals surface area contributed by atoms with Crippen molar-refractivity contribution in [2.75, 3.05) is 12.8 Å². The van der Waals surface area contributed by atoms with Crippen molar-refractivity contribution in [3.8, 4) is 11.4 Å². The number of nitrogen functional groups attached to an aromatic ring is 1. The monoisotopic (exact) mass is 367 g/mol. The van der Waals surface area contributed by atoms with Crippen molar-refractivity contribution in [3.05, 3.63) is 57.7 Å². The van der Waals surface area contributed by atoms with Gasteiger partial charge >= 0.3 is 0 Å². The predicted octanol–water partition coefficient (Wildman–Crippen LogP) is 3.63. The van der Waals surface area contributed by atoms with Gasteiger partial charge in [0.05, 0.1) is 16.7 Å². The first-order chi connectivity index (χ1) is 12.4. The van der Waals surface area contributed by atoms with Gasteiger partial charge in [0.1, 0.15) is 5.82 Å². The number of carbonyl (C=O) groups is 1. The number of carbonyl (C=O) groups excluding carboxylic acids is 1. The zero-order valence-electron chi connectivity index (χ0n) is 15.2. The Morgan fingerprint density at radius 3 is 2.65 bits per heavy atom. The summed E-state index contributed by atoms with van der Waals surface area (Å²) in [5, 5.41) is 1.01. The highest BCUT2D eigenvalue weighted by Crippen LogP contribution is 2.27. The summed E-state index contributed by atoms with van der Waals surface area (Å²) < 4.78 is 0. The number of aryl methyl sites for hydroxylation is 2. The molecule has 0 saturated carbocycles. The molecule has 3 aromatic rings. The maximum Gasteiger partial charge on any atom is 0.254 e. The second-order valence-electron chi connectivity index (χ2n) is 6.15. The molecule has 0 fully saturated rings. The number of anilines is 1. The molecule has 1 atom stereocenters. The third-order valence-electron chi connectivity index (χ3n) is 4.28. The number of aromatic nitrogens is 3. The third kappa shape index (κ3) is 3.57. The smallest absolute Gasteiger partial charge is 0.254 e. The first-order valence-electron chi connectivity index (χ1n) is 8.27. The van der Waals surface area contributed by atoms with E-state index in [1.807, 2.05) is 32.9 Å². The number of thiazole rings is 1. The zero-order valence-corrected chi connectivity index (χ0v) is 16.0. The van der Waals surface area contributed by atoms with Crippen LogP contribution in [-0.2, 0) is 0 Å². The van der Waals surface area contributed by atoms with E-state index in [1.54, 1.807) is 47.7 Å². The van der Waals surface area contributed by atoms with E-state index in [4.69, 9.17) is 5.73 Å². The Hall–Kier alpha value is -2.80. The fourth-order valence-electron chi connectivity index (χ4n) is 2.80. The summed E-state index contributed by atoms with van der Waals surface area (Å²) in [6, 6.07) is 8.79. The molecule has 3 rings (SSSR count). The van der Waals surface area contributed by atoms with Crippen molar-refractivity contribution in [2.24, 2.45) is 0 Å². The number of hydrogen-bond donors (Lipinski definition) is 1. The van der Waals surface area contributed by atoms with Crippen LogP contribution in [0.25, 0.3) is 11.4 Å². The number of nitrogens with two attached hydrogens (primary N) is 1. The number of nitrogens with zero attached hydrogens (tertiary/aromatic N) is 4. The molecule has 0 bridgehead atoms. The van der Waals surface area contributed by atoms with E-state index in [0.717, 1.165) is 21.1 Å². The fraction of sp³-hybridized carbons (Fsp3) is 0.263. The maximum atomic E-state index is 13.0. The minimum absolute atomic E-state index is 0.0756. The lowest BCUT2D eigenvalue weighted by Gasteiger charge is -2.24. The Bertz CT molecular complexity index is 953. The Kier molecular flexibility index (Phi) is 4.99. The van der Waals surface area contributed by atoms with Gasteiger partial charge in [-0.3, -0.25) is 4.79 Å². The van der Waals surface area contributed by atoms with Crippen molar-refractivity contribution in [1.29, 1.82) is 0 Å². The lowest BCUT2D eigenvalue weighted by Crippen LogP contribution is -2.30. The quantitative estimate of drug-likeness (QED) is 0.761. The number of benzene rings is 1. The molecule has 0 aliphatic rings. The summed E-state index contributed by atoms with van der Waals surface area (Å²) in [5.74, 6) is 0.821. The van der Waals surface area contributed by atoms with E-state index in [9.17, 15) is 4.79 Å². The van der Waals surface area contributed by atoms with Gasteiger partial charge in [0.15, 0.2) is 5.82 Å². The van der Waals surface area contributed by atoms with Gasteiger partial charge in [-0.25, -0.2) is 15.0 Å². The predicted molar refractivity (Wildman–Crippen MR) is 104 cm³/mol. The van der Waals surface area contributed by atoms with E-state index < -0.39 is 0 Å². The molecule has 0 spiro atoms. The molecule has 7 heteroatoms. The van der Waals surface area contributed by atoms with Gasteiger partial charge in [-0.05, 0) is 39.0 Å². The molecular formula is C19H21N5OS. The van der Waals surface area contributed by atoms with Crippen LogP contribution in [0.3, 0.4) is 0 Å². The minimum atomic E-state index is -0.111. The summed E-state index contributed by atoms with van der Waals surface area (Å²) in [4.78, 5) is 28.8. The average molecular weight is 367 g/mol. The number of hydrogen-bond acceptors (Lipinski definition) is 6. The summed E-state index contributed by atoms with van der Waals surface area (Å²) in [5.41, 5.74) is 8.00. The van der Waals surface area contributed by atoms with Gasteiger partial charge in [0, 0.05) is 29.2 Å². The lowest BCUT2D eigenvalue weighted by atomic mass is 10.1. The van der Waals surface area contributed by atoms with Crippen LogP contribution in [0.2, 0.25) is 0 Å². The van der Waals surface area contributed by atoms with Gasteiger partial charge < -0.3 is 10.6 Å². The Morgan fingerprint density at radius 1 is 1.23 bits per heavy atom. The normalized spacial score (nSPS) is 12.0. The van der Waals surface area contributed by atoms with E-state index in [-0.39, 0.29) is 11.9 Å². The molecule has 134 valence electrons. The highest BCUT2D eigenvalue weighted by molar-refractivity contribution is 7.11. The van der Waals surface area contributed by atoms with E-state index in [1.165, 1.54) is 0 Å². The van der Waals surface area contributed by atoms with Crippen LogP contribution in [0.1, 0.15) is 38.9 Å². The van der Waals surface area contributed by atoms with Gasteiger partial charge in [0.25, 0.3) is 5.91 Å².